The fraction of sp³-hybridized carbons (Fsp3) is 0.700. The second-order valence-corrected chi connectivity index (χ2v) is 8.08. The minimum absolute atomic E-state index is 0.140. The maximum Gasteiger partial charge on any atom is 0.0443 e. The van der Waals surface area contributed by atoms with E-state index in [1.54, 1.807) is 0 Å². The molecule has 3 unspecified atom stereocenters. The molecular formula is C20H33N. The van der Waals surface area contributed by atoms with Crippen LogP contribution in [0.4, 0.5) is 0 Å². The first kappa shape index (κ1) is 16.5. The van der Waals surface area contributed by atoms with Crippen LogP contribution in [-0.4, -0.2) is 0 Å². The average Bonchev–Trinajstić information content (AvgIpc) is 2.37. The molecule has 0 saturated heterocycles. The van der Waals surface area contributed by atoms with Gasteiger partial charge in [-0.15, -0.1) is 0 Å². The molecule has 1 aromatic carbocycles. The van der Waals surface area contributed by atoms with E-state index in [1.165, 1.54) is 24.0 Å². The largest absolute Gasteiger partial charge is 0.321 e. The van der Waals surface area contributed by atoms with Crippen LogP contribution in [0.25, 0.3) is 0 Å². The minimum Gasteiger partial charge on any atom is -0.321 e. The average molecular weight is 287 g/mol. The van der Waals surface area contributed by atoms with E-state index in [0.29, 0.717) is 17.8 Å². The Labute approximate surface area is 131 Å². The monoisotopic (exact) mass is 287 g/mol. The summed E-state index contributed by atoms with van der Waals surface area (Å²) in [5.41, 5.74) is 9.68. The van der Waals surface area contributed by atoms with E-state index >= 15 is 0 Å². The zero-order chi connectivity index (χ0) is 15.6. The van der Waals surface area contributed by atoms with Gasteiger partial charge in [-0.1, -0.05) is 65.3 Å². The van der Waals surface area contributed by atoms with Crippen LogP contribution in [0.5, 0.6) is 0 Å². The van der Waals surface area contributed by atoms with Crippen molar-refractivity contribution in [1.29, 1.82) is 0 Å². The van der Waals surface area contributed by atoms with Gasteiger partial charge in [-0.2, -0.15) is 0 Å². The maximum atomic E-state index is 7.02. The van der Waals surface area contributed by atoms with E-state index in [1.807, 2.05) is 0 Å². The molecule has 2 rings (SSSR count). The summed E-state index contributed by atoms with van der Waals surface area (Å²) in [7, 11) is 0. The summed E-state index contributed by atoms with van der Waals surface area (Å²) in [5.74, 6) is 2.68. The lowest BCUT2D eigenvalue weighted by molar-refractivity contribution is 0.108. The van der Waals surface area contributed by atoms with Gasteiger partial charge in [0.15, 0.2) is 0 Å². The zero-order valence-electron chi connectivity index (χ0n) is 14.5. The maximum absolute atomic E-state index is 7.02. The highest BCUT2D eigenvalue weighted by Crippen LogP contribution is 2.45. The summed E-state index contributed by atoms with van der Waals surface area (Å²) in [6.45, 7) is 11.6. The number of hydrogen-bond acceptors (Lipinski definition) is 1. The molecule has 0 aliphatic heterocycles. The summed E-state index contributed by atoms with van der Waals surface area (Å²) < 4.78 is 0. The SMILES string of the molecule is CC(C)Cc1cccc(C2(N)CC(C)CCC2C(C)C)c1. The lowest BCUT2D eigenvalue weighted by Gasteiger charge is -2.46. The Bertz CT molecular complexity index is 463. The Balaban J connectivity index is 2.35. The van der Waals surface area contributed by atoms with Crippen molar-refractivity contribution in [1.82, 2.24) is 0 Å². The van der Waals surface area contributed by atoms with Crippen molar-refractivity contribution in [3.63, 3.8) is 0 Å². The van der Waals surface area contributed by atoms with Crippen molar-refractivity contribution in [3.8, 4) is 0 Å². The summed E-state index contributed by atoms with van der Waals surface area (Å²) in [6.07, 6.45) is 4.87. The second kappa shape index (κ2) is 6.52. The third-order valence-corrected chi connectivity index (χ3v) is 5.23. The molecule has 21 heavy (non-hydrogen) atoms. The topological polar surface area (TPSA) is 26.0 Å². The summed E-state index contributed by atoms with van der Waals surface area (Å²) in [6, 6.07) is 9.10. The highest BCUT2D eigenvalue weighted by Gasteiger charge is 2.42. The highest BCUT2D eigenvalue weighted by atomic mass is 14.8. The van der Waals surface area contributed by atoms with Crippen LogP contribution in [0.15, 0.2) is 24.3 Å². The van der Waals surface area contributed by atoms with Crippen molar-refractivity contribution in [2.45, 2.75) is 65.8 Å². The van der Waals surface area contributed by atoms with Gasteiger partial charge in [0, 0.05) is 5.54 Å². The van der Waals surface area contributed by atoms with Crippen LogP contribution in [-0.2, 0) is 12.0 Å². The Kier molecular flexibility index (Phi) is 5.14. The van der Waals surface area contributed by atoms with E-state index in [0.717, 1.165) is 18.8 Å². The van der Waals surface area contributed by atoms with Crippen molar-refractivity contribution in [2.24, 2.45) is 29.4 Å². The predicted octanol–water partition coefficient (Wildman–Crippen LogP) is 5.13. The smallest absolute Gasteiger partial charge is 0.0443 e. The molecule has 1 nitrogen and oxygen atoms in total. The first-order chi connectivity index (χ1) is 9.83. The zero-order valence-corrected chi connectivity index (χ0v) is 14.5. The molecular weight excluding hydrogens is 254 g/mol. The molecule has 0 amide bonds. The van der Waals surface area contributed by atoms with Crippen molar-refractivity contribution >= 4 is 0 Å². The molecule has 0 spiro atoms. The minimum atomic E-state index is -0.140. The molecule has 1 heteroatoms. The van der Waals surface area contributed by atoms with Crippen LogP contribution in [0.3, 0.4) is 0 Å². The lowest BCUT2D eigenvalue weighted by Crippen LogP contribution is -2.50. The molecule has 1 saturated carbocycles. The van der Waals surface area contributed by atoms with Gasteiger partial charge in [-0.25, -0.2) is 0 Å². The van der Waals surface area contributed by atoms with Gasteiger partial charge in [0.1, 0.15) is 0 Å². The summed E-state index contributed by atoms with van der Waals surface area (Å²) in [4.78, 5) is 0. The summed E-state index contributed by atoms with van der Waals surface area (Å²) in [5, 5.41) is 0. The van der Waals surface area contributed by atoms with E-state index in [-0.39, 0.29) is 5.54 Å². The second-order valence-electron chi connectivity index (χ2n) is 8.08. The van der Waals surface area contributed by atoms with Gasteiger partial charge >= 0.3 is 0 Å². The van der Waals surface area contributed by atoms with Gasteiger partial charge in [0.05, 0.1) is 0 Å². The van der Waals surface area contributed by atoms with Gasteiger partial charge in [0.2, 0.25) is 0 Å². The number of rotatable bonds is 4. The van der Waals surface area contributed by atoms with Crippen molar-refractivity contribution < 1.29 is 0 Å². The predicted molar refractivity (Wildman–Crippen MR) is 92.2 cm³/mol. The molecule has 1 aliphatic carbocycles. The lowest BCUT2D eigenvalue weighted by atomic mass is 9.62. The molecule has 0 heterocycles. The molecule has 1 aliphatic rings. The van der Waals surface area contributed by atoms with Gasteiger partial charge in [-0.05, 0) is 54.1 Å². The van der Waals surface area contributed by atoms with E-state index in [2.05, 4.69) is 58.9 Å². The number of hydrogen-bond donors (Lipinski definition) is 1. The first-order valence-corrected chi connectivity index (χ1v) is 8.71. The summed E-state index contributed by atoms with van der Waals surface area (Å²) >= 11 is 0. The Morgan fingerprint density at radius 1 is 1.19 bits per heavy atom. The fourth-order valence-corrected chi connectivity index (χ4v) is 4.27. The standard InChI is InChI=1S/C20H33N/c1-14(2)11-17-7-6-8-18(12-17)20(21)13-16(5)9-10-19(20)15(3)4/h6-8,12,14-16,19H,9-11,13,21H2,1-5H3. The number of nitrogens with two attached hydrogens (primary N) is 1. The van der Waals surface area contributed by atoms with Crippen LogP contribution < -0.4 is 5.73 Å². The van der Waals surface area contributed by atoms with E-state index in [9.17, 15) is 0 Å². The molecule has 1 fully saturated rings. The van der Waals surface area contributed by atoms with Gasteiger partial charge in [0.25, 0.3) is 0 Å². The highest BCUT2D eigenvalue weighted by molar-refractivity contribution is 5.31. The third-order valence-electron chi connectivity index (χ3n) is 5.23. The molecule has 3 atom stereocenters. The van der Waals surface area contributed by atoms with Crippen molar-refractivity contribution in [3.05, 3.63) is 35.4 Å². The molecule has 0 bridgehead atoms. The molecule has 118 valence electrons. The Morgan fingerprint density at radius 2 is 1.90 bits per heavy atom. The first-order valence-electron chi connectivity index (χ1n) is 8.71. The fourth-order valence-electron chi connectivity index (χ4n) is 4.27. The molecule has 1 aromatic rings. The third kappa shape index (κ3) is 3.69. The quantitative estimate of drug-likeness (QED) is 0.816. The normalized spacial score (nSPS) is 30.1. The molecule has 2 N–H and O–H groups in total. The van der Waals surface area contributed by atoms with Gasteiger partial charge < -0.3 is 5.73 Å². The van der Waals surface area contributed by atoms with Crippen LogP contribution in [0.2, 0.25) is 0 Å². The van der Waals surface area contributed by atoms with Crippen LogP contribution in [0.1, 0.15) is 65.0 Å². The molecule has 0 radical (unpaired) electrons. The van der Waals surface area contributed by atoms with Crippen molar-refractivity contribution in [2.75, 3.05) is 0 Å². The van der Waals surface area contributed by atoms with Crippen LogP contribution >= 0.6 is 0 Å². The Morgan fingerprint density at radius 3 is 2.52 bits per heavy atom. The van der Waals surface area contributed by atoms with Crippen LogP contribution in [0, 0.1) is 23.7 Å². The van der Waals surface area contributed by atoms with Gasteiger partial charge in [-0.3, -0.25) is 0 Å². The van der Waals surface area contributed by atoms with E-state index < -0.39 is 0 Å². The Hall–Kier alpha value is -0.820. The number of benzene rings is 1. The molecule has 0 aromatic heterocycles. The van der Waals surface area contributed by atoms with E-state index in [4.69, 9.17) is 5.73 Å².